The zero-order valence-corrected chi connectivity index (χ0v) is 17.5. The monoisotopic (exact) mass is 434 g/mol. The van der Waals surface area contributed by atoms with Gasteiger partial charge in [0, 0.05) is 4.90 Å². The Morgan fingerprint density at radius 2 is 1.58 bits per heavy atom. The molecule has 3 aromatic rings. The minimum atomic E-state index is -0.649. The van der Waals surface area contributed by atoms with Crippen LogP contribution in [0.25, 0.3) is 0 Å². The molecule has 3 aromatic carbocycles. The average Bonchev–Trinajstić information content (AvgIpc) is 3.00. The SMILES string of the molecule is CCOc1ccccc1NC1=C(Sc2ccccc2)C(=O)N(c2ccccc2F)C1=O. The third-order valence-electron chi connectivity index (χ3n) is 4.54. The van der Waals surface area contributed by atoms with Crippen LogP contribution < -0.4 is 15.0 Å². The Morgan fingerprint density at radius 1 is 0.903 bits per heavy atom. The van der Waals surface area contributed by atoms with Gasteiger partial charge in [-0.15, -0.1) is 0 Å². The van der Waals surface area contributed by atoms with Gasteiger partial charge in [-0.3, -0.25) is 9.59 Å². The maximum atomic E-state index is 14.4. The number of anilines is 2. The van der Waals surface area contributed by atoms with Crippen LogP contribution in [0.1, 0.15) is 6.92 Å². The predicted molar refractivity (Wildman–Crippen MR) is 119 cm³/mol. The van der Waals surface area contributed by atoms with Crippen molar-refractivity contribution in [2.75, 3.05) is 16.8 Å². The second-order valence-electron chi connectivity index (χ2n) is 6.57. The van der Waals surface area contributed by atoms with E-state index in [1.165, 1.54) is 18.2 Å². The molecule has 0 saturated carbocycles. The highest BCUT2D eigenvalue weighted by atomic mass is 32.2. The van der Waals surface area contributed by atoms with E-state index >= 15 is 0 Å². The third kappa shape index (κ3) is 4.18. The molecule has 0 aromatic heterocycles. The fourth-order valence-corrected chi connectivity index (χ4v) is 4.11. The lowest BCUT2D eigenvalue weighted by molar-refractivity contribution is -0.120. The van der Waals surface area contributed by atoms with Gasteiger partial charge in [-0.25, -0.2) is 9.29 Å². The molecule has 1 N–H and O–H groups in total. The minimum Gasteiger partial charge on any atom is -0.492 e. The van der Waals surface area contributed by atoms with Gasteiger partial charge in [0.25, 0.3) is 11.8 Å². The van der Waals surface area contributed by atoms with Crippen LogP contribution in [-0.2, 0) is 9.59 Å². The van der Waals surface area contributed by atoms with Crippen LogP contribution in [-0.4, -0.2) is 18.4 Å². The van der Waals surface area contributed by atoms with Crippen molar-refractivity contribution in [2.24, 2.45) is 0 Å². The van der Waals surface area contributed by atoms with Gasteiger partial charge in [0.1, 0.15) is 22.2 Å². The molecule has 0 unspecified atom stereocenters. The predicted octanol–water partition coefficient (Wildman–Crippen LogP) is 5.21. The van der Waals surface area contributed by atoms with Gasteiger partial charge < -0.3 is 10.1 Å². The number of rotatable bonds is 7. The van der Waals surface area contributed by atoms with Gasteiger partial charge in [-0.05, 0) is 43.3 Å². The van der Waals surface area contributed by atoms with Crippen LogP contribution in [0, 0.1) is 5.82 Å². The lowest BCUT2D eigenvalue weighted by atomic mass is 10.2. The van der Waals surface area contributed by atoms with Gasteiger partial charge in [-0.2, -0.15) is 0 Å². The zero-order chi connectivity index (χ0) is 21.8. The maximum absolute atomic E-state index is 14.4. The molecule has 0 bridgehead atoms. The Labute approximate surface area is 183 Å². The molecular weight excluding hydrogens is 415 g/mol. The number of para-hydroxylation sites is 3. The summed E-state index contributed by atoms with van der Waals surface area (Å²) >= 11 is 1.16. The zero-order valence-electron chi connectivity index (χ0n) is 16.7. The number of hydrogen-bond acceptors (Lipinski definition) is 5. The van der Waals surface area contributed by atoms with Crippen LogP contribution in [0.2, 0.25) is 0 Å². The first-order valence-corrected chi connectivity index (χ1v) is 10.5. The molecule has 2 amide bonds. The Kier molecular flexibility index (Phi) is 6.04. The molecule has 0 aliphatic carbocycles. The van der Waals surface area contributed by atoms with E-state index in [-0.39, 0.29) is 16.3 Å². The van der Waals surface area contributed by atoms with Crippen molar-refractivity contribution in [3.63, 3.8) is 0 Å². The number of halogens is 1. The summed E-state index contributed by atoms with van der Waals surface area (Å²) in [5.41, 5.74) is 0.537. The van der Waals surface area contributed by atoms with Crippen molar-refractivity contribution in [3.05, 3.63) is 95.3 Å². The van der Waals surface area contributed by atoms with Crippen molar-refractivity contribution in [1.82, 2.24) is 0 Å². The van der Waals surface area contributed by atoms with E-state index in [0.29, 0.717) is 18.0 Å². The number of nitrogens with one attached hydrogen (secondary N) is 1. The summed E-state index contributed by atoms with van der Waals surface area (Å²) in [5, 5.41) is 3.06. The molecule has 0 radical (unpaired) electrons. The molecular formula is C24H19FN2O3S. The lowest BCUT2D eigenvalue weighted by Crippen LogP contribution is -2.33. The Bertz CT molecular complexity index is 1160. The number of imide groups is 1. The van der Waals surface area contributed by atoms with E-state index in [4.69, 9.17) is 4.74 Å². The number of ether oxygens (including phenoxy) is 1. The number of amides is 2. The summed E-state index contributed by atoms with van der Waals surface area (Å²) in [6, 6.07) is 22.1. The molecule has 0 fully saturated rings. The fourth-order valence-electron chi connectivity index (χ4n) is 3.16. The highest BCUT2D eigenvalue weighted by molar-refractivity contribution is 8.04. The van der Waals surface area contributed by atoms with E-state index in [1.807, 2.05) is 43.3 Å². The molecule has 1 heterocycles. The van der Waals surface area contributed by atoms with E-state index in [0.717, 1.165) is 21.6 Å². The molecule has 1 aliphatic heterocycles. The first kappa shape index (κ1) is 20.7. The van der Waals surface area contributed by atoms with Crippen LogP contribution >= 0.6 is 11.8 Å². The molecule has 31 heavy (non-hydrogen) atoms. The smallest absolute Gasteiger partial charge is 0.283 e. The van der Waals surface area contributed by atoms with E-state index in [1.54, 1.807) is 24.3 Å². The van der Waals surface area contributed by atoms with Gasteiger partial charge >= 0.3 is 0 Å². The fraction of sp³-hybridized carbons (Fsp3) is 0.0833. The van der Waals surface area contributed by atoms with E-state index in [2.05, 4.69) is 5.32 Å². The first-order valence-electron chi connectivity index (χ1n) is 9.69. The molecule has 7 heteroatoms. The van der Waals surface area contributed by atoms with Crippen molar-refractivity contribution in [2.45, 2.75) is 11.8 Å². The van der Waals surface area contributed by atoms with Gasteiger partial charge in [0.2, 0.25) is 0 Å². The summed E-state index contributed by atoms with van der Waals surface area (Å²) in [6.07, 6.45) is 0. The summed E-state index contributed by atoms with van der Waals surface area (Å²) in [5.74, 6) is -1.31. The highest BCUT2D eigenvalue weighted by Gasteiger charge is 2.41. The van der Waals surface area contributed by atoms with Crippen molar-refractivity contribution in [1.29, 1.82) is 0 Å². The van der Waals surface area contributed by atoms with Gasteiger partial charge in [0.15, 0.2) is 0 Å². The molecule has 4 rings (SSSR count). The van der Waals surface area contributed by atoms with Crippen molar-refractivity contribution >= 4 is 35.0 Å². The number of carbonyl (C=O) groups is 2. The average molecular weight is 434 g/mol. The first-order chi connectivity index (χ1) is 15.1. The Hall–Kier alpha value is -3.58. The van der Waals surface area contributed by atoms with E-state index in [9.17, 15) is 14.0 Å². The highest BCUT2D eigenvalue weighted by Crippen LogP contribution is 2.39. The van der Waals surface area contributed by atoms with Crippen molar-refractivity contribution < 1.29 is 18.7 Å². The molecule has 0 atom stereocenters. The lowest BCUT2D eigenvalue weighted by Gasteiger charge is -2.16. The molecule has 1 aliphatic rings. The molecule has 5 nitrogen and oxygen atoms in total. The summed E-state index contributed by atoms with van der Waals surface area (Å²) < 4.78 is 20.1. The number of nitrogens with zero attached hydrogens (tertiary/aromatic N) is 1. The maximum Gasteiger partial charge on any atom is 0.283 e. The van der Waals surface area contributed by atoms with Crippen LogP contribution in [0.5, 0.6) is 5.75 Å². The minimum absolute atomic E-state index is 0.0780. The molecule has 0 saturated heterocycles. The quantitative estimate of drug-likeness (QED) is 0.517. The number of hydrogen-bond donors (Lipinski definition) is 1. The van der Waals surface area contributed by atoms with Crippen LogP contribution in [0.4, 0.5) is 15.8 Å². The van der Waals surface area contributed by atoms with Crippen LogP contribution in [0.3, 0.4) is 0 Å². The summed E-state index contributed by atoms with van der Waals surface area (Å²) in [6.45, 7) is 2.30. The van der Waals surface area contributed by atoms with Crippen molar-refractivity contribution in [3.8, 4) is 5.75 Å². The summed E-state index contributed by atoms with van der Waals surface area (Å²) in [4.78, 5) is 28.4. The van der Waals surface area contributed by atoms with Gasteiger partial charge in [-0.1, -0.05) is 54.2 Å². The number of carbonyl (C=O) groups excluding carboxylic acids is 2. The molecule has 156 valence electrons. The molecule has 0 spiro atoms. The second-order valence-corrected chi connectivity index (χ2v) is 7.65. The topological polar surface area (TPSA) is 58.6 Å². The Balaban J connectivity index is 1.77. The normalized spacial score (nSPS) is 13.7. The van der Waals surface area contributed by atoms with Crippen LogP contribution in [0.15, 0.2) is 94.4 Å². The van der Waals surface area contributed by atoms with Gasteiger partial charge in [0.05, 0.1) is 18.0 Å². The summed E-state index contributed by atoms with van der Waals surface area (Å²) in [7, 11) is 0. The number of benzene rings is 3. The Morgan fingerprint density at radius 3 is 2.32 bits per heavy atom. The van der Waals surface area contributed by atoms with E-state index < -0.39 is 17.6 Å². The third-order valence-corrected chi connectivity index (χ3v) is 5.64. The standard InChI is InChI=1S/C24H19FN2O3S/c1-2-30-20-15-9-7-13-18(20)26-21-22(31-16-10-4-3-5-11-16)24(29)27(23(21)28)19-14-8-6-12-17(19)25/h3-15,26H,2H2,1H3. The second kappa shape index (κ2) is 9.06. The number of thioether (sulfide) groups is 1. The largest absolute Gasteiger partial charge is 0.492 e.